The smallest absolute Gasteiger partial charge is 0.191 e. The van der Waals surface area contributed by atoms with Gasteiger partial charge in [0.2, 0.25) is 0 Å². The Labute approximate surface area is 155 Å². The van der Waals surface area contributed by atoms with Crippen LogP contribution < -0.4 is 15.4 Å². The van der Waals surface area contributed by atoms with E-state index >= 15 is 0 Å². The van der Waals surface area contributed by atoms with Crippen molar-refractivity contribution < 1.29 is 9.26 Å². The molecular weight excluding hydrogens is 328 g/mol. The van der Waals surface area contributed by atoms with Crippen LogP contribution >= 0.6 is 0 Å². The highest BCUT2D eigenvalue weighted by Gasteiger charge is 2.46. The zero-order chi connectivity index (χ0) is 18.6. The van der Waals surface area contributed by atoms with Gasteiger partial charge in [0.05, 0.1) is 19.3 Å². The molecule has 6 nitrogen and oxygen atoms in total. The van der Waals surface area contributed by atoms with Gasteiger partial charge in [-0.05, 0) is 24.8 Å². The molecule has 1 fully saturated rings. The predicted octanol–water partition coefficient (Wildman–Crippen LogP) is 3.20. The molecule has 0 bridgehead atoms. The van der Waals surface area contributed by atoms with Crippen molar-refractivity contribution in [3.8, 4) is 5.75 Å². The summed E-state index contributed by atoms with van der Waals surface area (Å²) in [4.78, 5) is 4.31. The van der Waals surface area contributed by atoms with Gasteiger partial charge in [-0.2, -0.15) is 0 Å². The first-order chi connectivity index (χ1) is 12.6. The topological polar surface area (TPSA) is 71.7 Å². The molecule has 1 aromatic carbocycles. The van der Waals surface area contributed by atoms with Crippen molar-refractivity contribution in [2.45, 2.75) is 44.6 Å². The van der Waals surface area contributed by atoms with E-state index in [9.17, 15) is 0 Å². The monoisotopic (exact) mass is 356 g/mol. The highest BCUT2D eigenvalue weighted by molar-refractivity contribution is 5.79. The molecular formula is C20H28N4O2. The first-order valence-electron chi connectivity index (χ1n) is 9.11. The van der Waals surface area contributed by atoms with Crippen LogP contribution in [0.5, 0.6) is 5.75 Å². The van der Waals surface area contributed by atoms with Gasteiger partial charge in [-0.1, -0.05) is 37.2 Å². The second-order valence-electron chi connectivity index (χ2n) is 7.13. The van der Waals surface area contributed by atoms with Crippen molar-refractivity contribution in [3.05, 3.63) is 47.3 Å². The zero-order valence-electron chi connectivity index (χ0n) is 16.0. The lowest BCUT2D eigenvalue weighted by Gasteiger charge is -2.20. The molecule has 0 spiro atoms. The number of methoxy groups -OCH3 is 1. The number of aliphatic imine (C=N–C) groups is 1. The molecule has 3 rings (SSSR count). The fourth-order valence-electron chi connectivity index (χ4n) is 3.10. The molecule has 1 aliphatic rings. The number of rotatable bonds is 7. The average Bonchev–Trinajstić information content (AvgIpc) is 3.29. The summed E-state index contributed by atoms with van der Waals surface area (Å²) < 4.78 is 10.9. The van der Waals surface area contributed by atoms with E-state index in [4.69, 9.17) is 9.26 Å². The second kappa shape index (κ2) is 7.81. The first kappa shape index (κ1) is 18.3. The van der Waals surface area contributed by atoms with Crippen LogP contribution in [0, 0.1) is 0 Å². The van der Waals surface area contributed by atoms with Gasteiger partial charge < -0.3 is 19.9 Å². The zero-order valence-corrected chi connectivity index (χ0v) is 16.0. The largest absolute Gasteiger partial charge is 0.496 e. The van der Waals surface area contributed by atoms with Crippen LogP contribution in [-0.2, 0) is 12.0 Å². The first-order valence-corrected chi connectivity index (χ1v) is 9.11. The van der Waals surface area contributed by atoms with E-state index in [1.54, 1.807) is 14.2 Å². The normalized spacial score (nSPS) is 15.8. The molecule has 1 saturated carbocycles. The molecule has 0 amide bonds. The third kappa shape index (κ3) is 4.00. The number of aromatic nitrogens is 1. The maximum Gasteiger partial charge on any atom is 0.191 e. The van der Waals surface area contributed by atoms with E-state index in [0.29, 0.717) is 12.5 Å². The van der Waals surface area contributed by atoms with Crippen LogP contribution in [0.1, 0.15) is 49.6 Å². The number of hydrogen-bond acceptors (Lipinski definition) is 4. The summed E-state index contributed by atoms with van der Waals surface area (Å²) in [5.74, 6) is 2.88. The van der Waals surface area contributed by atoms with Crippen molar-refractivity contribution in [1.29, 1.82) is 0 Å². The summed E-state index contributed by atoms with van der Waals surface area (Å²) in [7, 11) is 3.50. The maximum absolute atomic E-state index is 5.54. The van der Waals surface area contributed by atoms with Gasteiger partial charge in [-0.3, -0.25) is 4.99 Å². The third-order valence-corrected chi connectivity index (χ3v) is 4.95. The van der Waals surface area contributed by atoms with E-state index < -0.39 is 0 Å². The van der Waals surface area contributed by atoms with Gasteiger partial charge in [0.1, 0.15) is 5.75 Å². The highest BCUT2D eigenvalue weighted by Crippen LogP contribution is 2.50. The van der Waals surface area contributed by atoms with E-state index in [1.165, 1.54) is 5.56 Å². The molecule has 26 heavy (non-hydrogen) atoms. The third-order valence-electron chi connectivity index (χ3n) is 4.95. The van der Waals surface area contributed by atoms with Gasteiger partial charge in [-0.15, -0.1) is 0 Å². The molecule has 0 radical (unpaired) electrons. The van der Waals surface area contributed by atoms with Crippen LogP contribution in [-0.4, -0.2) is 31.8 Å². The molecule has 0 aliphatic heterocycles. The summed E-state index contributed by atoms with van der Waals surface area (Å²) in [5, 5.41) is 10.8. The van der Waals surface area contributed by atoms with Gasteiger partial charge in [0, 0.05) is 30.6 Å². The number of nitrogens with one attached hydrogen (secondary N) is 2. The van der Waals surface area contributed by atoms with Crippen LogP contribution in [0.25, 0.3) is 0 Å². The molecule has 1 aliphatic carbocycles. The second-order valence-corrected chi connectivity index (χ2v) is 7.13. The Morgan fingerprint density at radius 1 is 1.31 bits per heavy atom. The van der Waals surface area contributed by atoms with Gasteiger partial charge in [0.25, 0.3) is 0 Å². The van der Waals surface area contributed by atoms with Crippen molar-refractivity contribution in [2.24, 2.45) is 4.99 Å². The highest BCUT2D eigenvalue weighted by atomic mass is 16.5. The average molecular weight is 356 g/mol. The molecule has 2 N–H and O–H groups in total. The van der Waals surface area contributed by atoms with E-state index in [1.807, 2.05) is 18.2 Å². The van der Waals surface area contributed by atoms with Crippen molar-refractivity contribution in [2.75, 3.05) is 20.7 Å². The summed E-state index contributed by atoms with van der Waals surface area (Å²) in [6.45, 7) is 5.58. The Balaban J connectivity index is 1.57. The van der Waals surface area contributed by atoms with E-state index in [0.717, 1.165) is 42.5 Å². The van der Waals surface area contributed by atoms with Crippen molar-refractivity contribution in [3.63, 3.8) is 0 Å². The molecule has 0 atom stereocenters. The van der Waals surface area contributed by atoms with E-state index in [2.05, 4.69) is 46.8 Å². The lowest BCUT2D eigenvalue weighted by Crippen LogP contribution is -2.40. The summed E-state index contributed by atoms with van der Waals surface area (Å²) in [6, 6.07) is 10.3. The van der Waals surface area contributed by atoms with Gasteiger partial charge in [0.15, 0.2) is 11.7 Å². The molecule has 0 unspecified atom stereocenters. The lowest BCUT2D eigenvalue weighted by atomic mass is 9.95. The quantitative estimate of drug-likeness (QED) is 0.589. The fraction of sp³-hybridized carbons (Fsp3) is 0.500. The maximum atomic E-state index is 5.54. The van der Waals surface area contributed by atoms with Gasteiger partial charge in [-0.25, -0.2) is 0 Å². The number of guanidine groups is 1. The minimum Gasteiger partial charge on any atom is -0.496 e. The minimum atomic E-state index is 0.126. The Morgan fingerprint density at radius 3 is 2.69 bits per heavy atom. The predicted molar refractivity (Wildman–Crippen MR) is 103 cm³/mol. The summed E-state index contributed by atoms with van der Waals surface area (Å²) in [5.41, 5.74) is 2.36. The SMILES string of the molecule is CN=C(NCc1cc(C(C)C)no1)NCC1(c2ccccc2OC)CC1. The van der Waals surface area contributed by atoms with Crippen LogP contribution in [0.15, 0.2) is 39.8 Å². The number of hydrogen-bond donors (Lipinski definition) is 2. The van der Waals surface area contributed by atoms with Crippen LogP contribution in [0.3, 0.4) is 0 Å². The molecule has 1 heterocycles. The Kier molecular flexibility index (Phi) is 5.49. The molecule has 2 aromatic rings. The number of nitrogens with zero attached hydrogens (tertiary/aromatic N) is 2. The lowest BCUT2D eigenvalue weighted by molar-refractivity contribution is 0.372. The number of para-hydroxylation sites is 1. The van der Waals surface area contributed by atoms with Crippen molar-refractivity contribution in [1.82, 2.24) is 15.8 Å². The Bertz CT molecular complexity index is 763. The van der Waals surface area contributed by atoms with E-state index in [-0.39, 0.29) is 5.41 Å². The molecule has 1 aromatic heterocycles. The minimum absolute atomic E-state index is 0.126. The van der Waals surface area contributed by atoms with Crippen molar-refractivity contribution >= 4 is 5.96 Å². The standard InChI is InChI=1S/C20H28N4O2/c1-14(2)17-11-15(26-24-17)12-22-19(21-3)23-13-20(9-10-20)16-7-5-6-8-18(16)25-4/h5-8,11,14H,9-10,12-13H2,1-4H3,(H2,21,22,23). The number of benzene rings is 1. The summed E-state index contributed by atoms with van der Waals surface area (Å²) >= 11 is 0. The summed E-state index contributed by atoms with van der Waals surface area (Å²) in [6.07, 6.45) is 2.30. The fourth-order valence-corrected chi connectivity index (χ4v) is 3.10. The van der Waals surface area contributed by atoms with Gasteiger partial charge >= 0.3 is 0 Å². The van der Waals surface area contributed by atoms with Crippen LogP contribution in [0.4, 0.5) is 0 Å². The van der Waals surface area contributed by atoms with Crippen LogP contribution in [0.2, 0.25) is 0 Å². The molecule has 6 heteroatoms. The Morgan fingerprint density at radius 2 is 2.08 bits per heavy atom. The molecule has 0 saturated heterocycles. The molecule has 140 valence electrons. The Hall–Kier alpha value is -2.50. The number of ether oxygens (including phenoxy) is 1.